The summed E-state index contributed by atoms with van der Waals surface area (Å²) in [6.07, 6.45) is -0.927. The molecule has 5 rings (SSSR count). The van der Waals surface area contributed by atoms with Crippen molar-refractivity contribution in [3.8, 4) is 11.5 Å². The fourth-order valence-electron chi connectivity index (χ4n) is 4.82. The zero-order valence-corrected chi connectivity index (χ0v) is 25.0. The first kappa shape index (κ1) is 32.6. The zero-order chi connectivity index (χ0) is 31.1. The number of hydrogen-bond acceptors (Lipinski definition) is 9. The van der Waals surface area contributed by atoms with E-state index in [1.807, 2.05) is 59.5 Å². The van der Waals surface area contributed by atoms with Crippen molar-refractivity contribution in [3.63, 3.8) is 0 Å². The molecule has 4 aromatic rings. The van der Waals surface area contributed by atoms with Crippen LogP contribution in [0, 0.1) is 20.2 Å². The largest absolute Gasteiger partial charge is 0.492 e. The third-order valence-electron chi connectivity index (χ3n) is 7.11. The van der Waals surface area contributed by atoms with Crippen molar-refractivity contribution in [2.75, 3.05) is 38.3 Å². The van der Waals surface area contributed by atoms with Crippen LogP contribution >= 0.6 is 12.4 Å². The van der Waals surface area contributed by atoms with Crippen LogP contribution in [0.5, 0.6) is 11.5 Å². The van der Waals surface area contributed by atoms with Crippen LogP contribution in [-0.2, 0) is 4.79 Å². The Morgan fingerprint density at radius 1 is 0.756 bits per heavy atom. The molecule has 0 saturated heterocycles. The number of likely N-dealkylation sites (N-methyl/N-ethyl adjacent to an activating group) is 1. The third kappa shape index (κ3) is 7.80. The minimum absolute atomic E-state index is 0. The first-order valence-corrected chi connectivity index (χ1v) is 13.8. The van der Waals surface area contributed by atoms with Gasteiger partial charge < -0.3 is 14.4 Å². The van der Waals surface area contributed by atoms with E-state index in [9.17, 15) is 25.0 Å². The molecule has 45 heavy (non-hydrogen) atoms. The molecule has 12 nitrogen and oxygen atoms in total. The topological polar surface area (TPSA) is 141 Å². The number of ether oxygens (including phenoxy) is 2. The number of anilines is 1. The molecule has 0 saturated carbocycles. The van der Waals surface area contributed by atoms with E-state index in [4.69, 9.17) is 14.5 Å². The predicted octanol–water partition coefficient (Wildman–Crippen LogP) is 5.52. The van der Waals surface area contributed by atoms with Crippen LogP contribution in [0.3, 0.4) is 0 Å². The maximum absolute atomic E-state index is 14.0. The average Bonchev–Trinajstić information content (AvgIpc) is 3.15. The van der Waals surface area contributed by atoms with Gasteiger partial charge in [0.15, 0.2) is 6.17 Å². The Hall–Kier alpha value is -5.33. The fourth-order valence-corrected chi connectivity index (χ4v) is 4.82. The van der Waals surface area contributed by atoms with E-state index in [-0.39, 0.29) is 56.0 Å². The molecular weight excluding hydrogens is 602 g/mol. The summed E-state index contributed by atoms with van der Waals surface area (Å²) in [6.45, 7) is 0.859. The van der Waals surface area contributed by atoms with E-state index >= 15 is 0 Å². The number of nitro benzene ring substituents is 2. The highest BCUT2D eigenvalue weighted by atomic mass is 35.5. The minimum Gasteiger partial charge on any atom is -0.492 e. The van der Waals surface area contributed by atoms with Crippen molar-refractivity contribution < 1.29 is 24.1 Å². The van der Waals surface area contributed by atoms with Gasteiger partial charge in [-0.2, -0.15) is 0 Å². The molecule has 0 spiro atoms. The Morgan fingerprint density at radius 2 is 1.24 bits per heavy atom. The first-order chi connectivity index (χ1) is 21.3. The molecule has 0 radical (unpaired) electrons. The van der Waals surface area contributed by atoms with Crippen LogP contribution in [0.25, 0.3) is 0 Å². The average molecular weight is 632 g/mol. The second kappa shape index (κ2) is 14.9. The number of benzodiazepines with no additional fused rings is 1. The summed E-state index contributed by atoms with van der Waals surface area (Å²) in [7, 11) is 1.72. The van der Waals surface area contributed by atoms with Crippen molar-refractivity contribution in [2.45, 2.75) is 6.17 Å². The highest BCUT2D eigenvalue weighted by Gasteiger charge is 2.34. The second-order valence-electron chi connectivity index (χ2n) is 9.87. The number of para-hydroxylation sites is 1. The highest BCUT2D eigenvalue weighted by Crippen LogP contribution is 2.29. The van der Waals surface area contributed by atoms with Crippen LogP contribution < -0.4 is 14.4 Å². The van der Waals surface area contributed by atoms with Crippen LogP contribution in [0.15, 0.2) is 108 Å². The smallest absolute Gasteiger partial charge is 0.269 e. The molecule has 232 valence electrons. The number of hydrogen-bond donors (Lipinski definition) is 0. The Balaban J connectivity index is 0.00000461. The van der Waals surface area contributed by atoms with Gasteiger partial charge in [-0.1, -0.05) is 48.5 Å². The lowest BCUT2D eigenvalue weighted by molar-refractivity contribution is -0.385. The molecule has 0 aromatic heterocycles. The number of halogens is 1. The lowest BCUT2D eigenvalue weighted by atomic mass is 10.0. The summed E-state index contributed by atoms with van der Waals surface area (Å²) < 4.78 is 11.8. The Morgan fingerprint density at radius 3 is 1.76 bits per heavy atom. The van der Waals surface area contributed by atoms with Gasteiger partial charge in [0, 0.05) is 55.5 Å². The summed E-state index contributed by atoms with van der Waals surface area (Å²) >= 11 is 0. The molecule has 4 aromatic carbocycles. The SMILES string of the molecule is CN1C(=O)[C@@H](N(CCOc2ccc([N+](=O)[O-])cc2)CCOc2ccc([N+](=O)[O-])cc2)N=C(c2ccccc2)c2ccccc21.Cl. The number of nitrogens with zero attached hydrogens (tertiary/aromatic N) is 5. The monoisotopic (exact) mass is 631 g/mol. The maximum atomic E-state index is 14.0. The van der Waals surface area contributed by atoms with Crippen molar-refractivity contribution in [3.05, 3.63) is 134 Å². The van der Waals surface area contributed by atoms with Gasteiger partial charge >= 0.3 is 0 Å². The predicted molar refractivity (Wildman–Crippen MR) is 172 cm³/mol. The molecule has 0 aliphatic carbocycles. The van der Waals surface area contributed by atoms with Gasteiger partial charge in [-0.15, -0.1) is 12.4 Å². The quantitative estimate of drug-likeness (QED) is 0.147. The Kier molecular flexibility index (Phi) is 10.8. The minimum atomic E-state index is -0.927. The van der Waals surface area contributed by atoms with E-state index in [2.05, 4.69) is 0 Å². The number of nitro groups is 2. The number of benzene rings is 4. The number of carbonyl (C=O) groups excluding carboxylic acids is 1. The van der Waals surface area contributed by atoms with Gasteiger partial charge in [0.1, 0.15) is 24.7 Å². The van der Waals surface area contributed by atoms with Gasteiger partial charge in [0.05, 0.1) is 21.2 Å². The maximum Gasteiger partial charge on any atom is 0.269 e. The summed E-state index contributed by atoms with van der Waals surface area (Å²) in [5.74, 6) is 0.653. The number of aliphatic imine (C=N–C) groups is 1. The molecule has 0 unspecified atom stereocenters. The molecule has 1 atom stereocenters. The van der Waals surface area contributed by atoms with Crippen molar-refractivity contribution in [1.29, 1.82) is 0 Å². The standard InChI is InChI=1S/C32H29N5O7.ClH/c1-34-29-10-6-5-9-28(29)30(23-7-3-2-4-8-23)33-31(32(34)38)35(19-21-43-26-15-11-24(12-16-26)36(39)40)20-22-44-27-17-13-25(14-18-27)37(41)42;/h2-18,31H,19-22H2,1H3;1H/t31-;/m1./s1. The molecule has 1 heterocycles. The number of fused-ring (bicyclic) bond motifs is 1. The molecule has 1 aliphatic heterocycles. The van der Waals surface area contributed by atoms with E-state index in [0.717, 1.165) is 16.8 Å². The summed E-state index contributed by atoms with van der Waals surface area (Å²) in [4.78, 5) is 43.5. The van der Waals surface area contributed by atoms with Gasteiger partial charge in [-0.05, 0) is 30.3 Å². The number of rotatable bonds is 12. The van der Waals surface area contributed by atoms with E-state index < -0.39 is 16.0 Å². The molecule has 0 fully saturated rings. The van der Waals surface area contributed by atoms with Crippen LogP contribution in [0.2, 0.25) is 0 Å². The van der Waals surface area contributed by atoms with Gasteiger partial charge in [0.2, 0.25) is 0 Å². The van der Waals surface area contributed by atoms with E-state index in [1.54, 1.807) is 11.9 Å². The van der Waals surface area contributed by atoms with Gasteiger partial charge in [0.25, 0.3) is 17.3 Å². The second-order valence-corrected chi connectivity index (χ2v) is 9.87. The molecule has 0 N–H and O–H groups in total. The Bertz CT molecular complexity index is 1600. The lowest BCUT2D eigenvalue weighted by Gasteiger charge is -2.30. The summed E-state index contributed by atoms with van der Waals surface area (Å²) in [5.41, 5.74) is 2.99. The number of carbonyl (C=O) groups is 1. The van der Waals surface area contributed by atoms with Crippen LogP contribution in [-0.4, -0.2) is 65.9 Å². The van der Waals surface area contributed by atoms with Crippen LogP contribution in [0.1, 0.15) is 11.1 Å². The van der Waals surface area contributed by atoms with Gasteiger partial charge in [-0.25, -0.2) is 0 Å². The van der Waals surface area contributed by atoms with E-state index in [0.29, 0.717) is 17.2 Å². The molecule has 0 bridgehead atoms. The number of non-ortho nitro benzene ring substituents is 2. The van der Waals surface area contributed by atoms with Crippen molar-refractivity contribution >= 4 is 41.1 Å². The molecule has 1 aliphatic rings. The van der Waals surface area contributed by atoms with Crippen LogP contribution in [0.4, 0.5) is 17.1 Å². The van der Waals surface area contributed by atoms with Crippen molar-refractivity contribution in [2.24, 2.45) is 4.99 Å². The molecule has 1 amide bonds. The number of amides is 1. The van der Waals surface area contributed by atoms with E-state index in [1.165, 1.54) is 48.5 Å². The first-order valence-electron chi connectivity index (χ1n) is 13.8. The Labute approximate surface area is 265 Å². The molecular formula is C32H30ClN5O7. The zero-order valence-electron chi connectivity index (χ0n) is 24.2. The summed E-state index contributed by atoms with van der Waals surface area (Å²) in [6, 6.07) is 28.8. The summed E-state index contributed by atoms with van der Waals surface area (Å²) in [5, 5.41) is 22.0. The van der Waals surface area contributed by atoms with Crippen molar-refractivity contribution in [1.82, 2.24) is 4.90 Å². The normalized spacial score (nSPS) is 14.1. The fraction of sp³-hybridized carbons (Fsp3) is 0.188. The lowest BCUT2D eigenvalue weighted by Crippen LogP contribution is -2.49. The molecule has 13 heteroatoms. The highest BCUT2D eigenvalue weighted by molar-refractivity contribution is 6.20. The van der Waals surface area contributed by atoms with Gasteiger partial charge in [-0.3, -0.25) is 34.9 Å². The third-order valence-corrected chi connectivity index (χ3v) is 7.11.